The van der Waals surface area contributed by atoms with E-state index in [1.807, 2.05) is 43.5 Å². The summed E-state index contributed by atoms with van der Waals surface area (Å²) in [6.45, 7) is 9.64. The number of rotatable bonds is 6. The van der Waals surface area contributed by atoms with Crippen molar-refractivity contribution >= 4 is 22.9 Å². The lowest BCUT2D eigenvalue weighted by molar-refractivity contribution is 0.237. The molecule has 5 rings (SSSR count). The smallest absolute Gasteiger partial charge is 0.310 e. The number of nitrogens with zero attached hydrogens (tertiary/aromatic N) is 2. The number of hydrogen-bond donors (Lipinski definition) is 2. The fourth-order valence-corrected chi connectivity index (χ4v) is 4.59. The Hall–Kier alpha value is -1.57. The van der Waals surface area contributed by atoms with Gasteiger partial charge in [-0.1, -0.05) is 13.8 Å². The van der Waals surface area contributed by atoms with E-state index >= 15 is 0 Å². The molecule has 2 unspecified atom stereocenters. The van der Waals surface area contributed by atoms with Gasteiger partial charge in [0, 0.05) is 29.6 Å². The predicted octanol–water partition coefficient (Wildman–Crippen LogP) is 3.28. The normalized spacial score (nSPS) is 24.6. The van der Waals surface area contributed by atoms with E-state index in [0.29, 0.717) is 24.4 Å². The van der Waals surface area contributed by atoms with E-state index < -0.39 is 0 Å². The number of hydrogen-bond acceptors (Lipinski definition) is 5. The van der Waals surface area contributed by atoms with Crippen LogP contribution in [0.5, 0.6) is 0 Å². The third-order valence-electron chi connectivity index (χ3n) is 6.26. The first-order valence-corrected chi connectivity index (χ1v) is 11.7. The van der Waals surface area contributed by atoms with Crippen LogP contribution < -0.4 is 21.3 Å². The Bertz CT molecular complexity index is 1020. The second-order valence-corrected chi connectivity index (χ2v) is 9.60. The number of fused-ring (bicyclic) bond motifs is 1. The molecule has 29 heavy (non-hydrogen) atoms. The van der Waals surface area contributed by atoms with Crippen LogP contribution in [0.15, 0.2) is 32.7 Å². The van der Waals surface area contributed by atoms with Gasteiger partial charge >= 0.3 is 5.69 Å². The standard InChI is InChI=1S/C20H26N4O2S.C2H6/c1-12-17(10-21-12)24-18(25)15-9-14(27-22-20(2)7-8-20)5-6-16(15)23(19(24)26)11-13-3-4-13;1-2/h5-6,9,12-13,17,21-22H,3-4,7-8,10-11H2,1-2H3;1-2H3. The first kappa shape index (κ1) is 20.7. The molecule has 2 atom stereocenters. The quantitative estimate of drug-likeness (QED) is 0.708. The van der Waals surface area contributed by atoms with Gasteiger partial charge in [0.05, 0.1) is 16.9 Å². The van der Waals surface area contributed by atoms with Gasteiger partial charge in [-0.15, -0.1) is 0 Å². The molecule has 0 amide bonds. The van der Waals surface area contributed by atoms with Crippen LogP contribution >= 0.6 is 11.9 Å². The minimum atomic E-state index is -0.152. The third-order valence-corrected chi connectivity index (χ3v) is 7.34. The molecule has 3 aliphatic rings. The molecule has 0 radical (unpaired) electrons. The van der Waals surface area contributed by atoms with Crippen LogP contribution in [0.25, 0.3) is 10.9 Å². The van der Waals surface area contributed by atoms with Gasteiger partial charge in [0.25, 0.3) is 5.56 Å². The SMILES string of the molecule is CC.CC1NCC1n1c(=O)c2cc(SNC3(C)CC3)ccc2n(CC2CC2)c1=O. The van der Waals surface area contributed by atoms with Crippen molar-refractivity contribution in [3.63, 3.8) is 0 Å². The maximum absolute atomic E-state index is 13.2. The maximum atomic E-state index is 13.2. The first-order valence-electron chi connectivity index (χ1n) is 10.9. The summed E-state index contributed by atoms with van der Waals surface area (Å²) in [4.78, 5) is 27.4. The van der Waals surface area contributed by atoms with Gasteiger partial charge in [0.1, 0.15) is 0 Å². The highest BCUT2D eigenvalue weighted by molar-refractivity contribution is 7.97. The molecular weight excluding hydrogens is 384 g/mol. The Morgan fingerprint density at radius 1 is 1.24 bits per heavy atom. The van der Waals surface area contributed by atoms with E-state index in [0.717, 1.165) is 10.4 Å². The molecule has 3 fully saturated rings. The fourth-order valence-electron chi connectivity index (χ4n) is 3.71. The average Bonchev–Trinajstić information content (AvgIpc) is 3.66. The second kappa shape index (κ2) is 7.93. The molecule has 1 aromatic heterocycles. The van der Waals surface area contributed by atoms with Crippen LogP contribution in [0, 0.1) is 5.92 Å². The average molecular weight is 417 g/mol. The molecule has 7 heteroatoms. The number of benzene rings is 1. The zero-order chi connectivity index (χ0) is 20.8. The molecule has 0 spiro atoms. The van der Waals surface area contributed by atoms with Gasteiger partial charge in [0.15, 0.2) is 0 Å². The van der Waals surface area contributed by atoms with Gasteiger partial charge in [0.2, 0.25) is 0 Å². The van der Waals surface area contributed by atoms with Crippen molar-refractivity contribution in [2.45, 2.75) is 82.4 Å². The van der Waals surface area contributed by atoms with Crippen molar-refractivity contribution in [1.29, 1.82) is 0 Å². The van der Waals surface area contributed by atoms with E-state index in [4.69, 9.17) is 0 Å². The summed E-state index contributed by atoms with van der Waals surface area (Å²) in [6.07, 6.45) is 4.72. The molecule has 1 saturated heterocycles. The van der Waals surface area contributed by atoms with Crippen molar-refractivity contribution in [2.75, 3.05) is 6.54 Å². The third kappa shape index (κ3) is 4.05. The van der Waals surface area contributed by atoms with E-state index in [1.54, 1.807) is 11.9 Å². The molecule has 158 valence electrons. The lowest BCUT2D eigenvalue weighted by Crippen LogP contribution is -2.58. The van der Waals surface area contributed by atoms with E-state index in [1.165, 1.54) is 30.3 Å². The van der Waals surface area contributed by atoms with Crippen LogP contribution in [-0.2, 0) is 6.54 Å². The highest BCUT2D eigenvalue weighted by Gasteiger charge is 2.37. The molecule has 2 saturated carbocycles. The molecule has 2 N–H and O–H groups in total. The summed E-state index contributed by atoms with van der Waals surface area (Å²) in [5.41, 5.74) is 0.690. The van der Waals surface area contributed by atoms with Crippen LogP contribution in [0.4, 0.5) is 0 Å². The predicted molar refractivity (Wildman–Crippen MR) is 120 cm³/mol. The fraction of sp³-hybridized carbons (Fsp3) is 0.636. The number of aromatic nitrogens is 2. The topological polar surface area (TPSA) is 68.1 Å². The van der Waals surface area contributed by atoms with Gasteiger partial charge in [-0.05, 0) is 75.6 Å². The van der Waals surface area contributed by atoms with Crippen molar-refractivity contribution in [1.82, 2.24) is 19.2 Å². The molecule has 2 aromatic rings. The molecule has 1 aliphatic heterocycles. The van der Waals surface area contributed by atoms with Crippen LogP contribution in [0.2, 0.25) is 0 Å². The van der Waals surface area contributed by atoms with Crippen molar-refractivity contribution in [3.05, 3.63) is 39.0 Å². The van der Waals surface area contributed by atoms with Crippen molar-refractivity contribution < 1.29 is 0 Å². The van der Waals surface area contributed by atoms with Crippen LogP contribution in [-0.4, -0.2) is 27.3 Å². The summed E-state index contributed by atoms with van der Waals surface area (Å²) in [5, 5.41) is 3.92. The Balaban J connectivity index is 0.000000994. The zero-order valence-electron chi connectivity index (χ0n) is 17.8. The van der Waals surface area contributed by atoms with E-state index in [-0.39, 0.29) is 28.9 Å². The van der Waals surface area contributed by atoms with Gasteiger partial charge < -0.3 is 5.32 Å². The molecule has 0 bridgehead atoms. The zero-order valence-corrected chi connectivity index (χ0v) is 18.6. The Kier molecular flexibility index (Phi) is 5.66. The van der Waals surface area contributed by atoms with Gasteiger partial charge in [-0.2, -0.15) is 0 Å². The highest BCUT2D eigenvalue weighted by atomic mass is 32.2. The molecule has 1 aromatic carbocycles. The van der Waals surface area contributed by atoms with Crippen molar-refractivity contribution in [2.24, 2.45) is 5.92 Å². The minimum Gasteiger partial charge on any atom is -0.310 e. The highest BCUT2D eigenvalue weighted by Crippen LogP contribution is 2.38. The molecule has 6 nitrogen and oxygen atoms in total. The van der Waals surface area contributed by atoms with Crippen molar-refractivity contribution in [3.8, 4) is 0 Å². The van der Waals surface area contributed by atoms with E-state index in [2.05, 4.69) is 17.0 Å². The van der Waals surface area contributed by atoms with Crippen LogP contribution in [0.3, 0.4) is 0 Å². The number of nitrogens with one attached hydrogen (secondary N) is 2. The molecule has 2 aliphatic carbocycles. The maximum Gasteiger partial charge on any atom is 0.331 e. The lowest BCUT2D eigenvalue weighted by atomic mass is 10.0. The Morgan fingerprint density at radius 2 is 1.97 bits per heavy atom. The summed E-state index contributed by atoms with van der Waals surface area (Å²) in [5.74, 6) is 0.569. The summed E-state index contributed by atoms with van der Waals surface area (Å²) >= 11 is 1.59. The minimum absolute atomic E-state index is 0.0559. The second-order valence-electron chi connectivity index (χ2n) is 8.72. The monoisotopic (exact) mass is 416 g/mol. The Morgan fingerprint density at radius 3 is 2.52 bits per heavy atom. The first-order chi connectivity index (χ1) is 14.0. The van der Waals surface area contributed by atoms with Crippen LogP contribution in [0.1, 0.15) is 59.4 Å². The molecule has 2 heterocycles. The lowest BCUT2D eigenvalue weighted by Gasteiger charge is -2.36. The summed E-state index contributed by atoms with van der Waals surface area (Å²) < 4.78 is 6.83. The summed E-state index contributed by atoms with van der Waals surface area (Å²) in [7, 11) is 0. The molecular formula is C22H32N4O2S. The Labute approximate surface area is 176 Å². The van der Waals surface area contributed by atoms with Gasteiger partial charge in [-0.3, -0.25) is 18.7 Å². The van der Waals surface area contributed by atoms with Gasteiger partial charge in [-0.25, -0.2) is 4.79 Å². The largest absolute Gasteiger partial charge is 0.331 e. The summed E-state index contributed by atoms with van der Waals surface area (Å²) in [6, 6.07) is 6.02. The van der Waals surface area contributed by atoms with E-state index in [9.17, 15) is 9.59 Å².